The molecule has 6 fully saturated rings. The number of carbonyl (C=O) groups is 2. The number of aromatic nitrogens is 4. The summed E-state index contributed by atoms with van der Waals surface area (Å²) in [5, 5.41) is 28.8. The van der Waals surface area contributed by atoms with E-state index in [9.17, 15) is 36.9 Å². The third kappa shape index (κ3) is 11.2. The maximum atomic E-state index is 15.1. The maximum Gasteiger partial charge on any atom is 0.250 e. The Hall–Kier alpha value is -6.30. The lowest BCUT2D eigenvalue weighted by atomic mass is 9.68. The van der Waals surface area contributed by atoms with Gasteiger partial charge in [0, 0.05) is 98.7 Å². The van der Waals surface area contributed by atoms with Gasteiger partial charge >= 0.3 is 0 Å². The predicted molar refractivity (Wildman–Crippen MR) is 312 cm³/mol. The van der Waals surface area contributed by atoms with Crippen molar-refractivity contribution in [3.63, 3.8) is 0 Å². The summed E-state index contributed by atoms with van der Waals surface area (Å²) >= 11 is 4.63. The van der Waals surface area contributed by atoms with E-state index in [0.29, 0.717) is 76.1 Å². The molecule has 5 atom stereocenters. The van der Waals surface area contributed by atoms with Gasteiger partial charge in [0.25, 0.3) is 0 Å². The van der Waals surface area contributed by atoms with Crippen LogP contribution in [0.25, 0.3) is 41.3 Å². The summed E-state index contributed by atoms with van der Waals surface area (Å²) in [4.78, 5) is 64.5. The third-order valence-electron chi connectivity index (χ3n) is 17.3. The first-order valence-corrected chi connectivity index (χ1v) is 33.8. The Kier molecular flexibility index (Phi) is 14.6. The molecular weight excluding hydrogens is 1110 g/mol. The van der Waals surface area contributed by atoms with Gasteiger partial charge in [0.05, 0.1) is 66.2 Å². The number of carbonyl (C=O) groups excluding carboxylic acids is 2. The monoisotopic (exact) mass is 1170 g/mol. The normalized spacial score (nSPS) is 24.5. The molecule has 416 valence electrons. The van der Waals surface area contributed by atoms with Crippen molar-refractivity contribution in [3.8, 4) is 53.5 Å². The van der Waals surface area contributed by atoms with Crippen LogP contribution in [0.3, 0.4) is 0 Å². The lowest BCUT2D eigenvalue weighted by Crippen LogP contribution is -2.46. The second kappa shape index (κ2) is 21.5. The molecule has 80 heavy (non-hydrogen) atoms. The SMILES string of the molecule is Cn1cc(-c2nc(C3CCCC(Cc4ncc(-c5nc(C6CCCCC6C(=O)NC6(C#N)CC6)c(-c6ccc(N7CCS(=O)(=O)CC7)cc6)s5)s4)C3C(=O)NC3(C#N)CC3)c(-c3ccc(N4CCS(=O)(=O)CC4)cc3)s2)ccc1=O. The lowest BCUT2D eigenvalue weighted by Gasteiger charge is -2.37. The number of sulfone groups is 2. The molecule has 2 amide bonds. The molecule has 2 aliphatic heterocycles. The first kappa shape index (κ1) is 54.3. The minimum Gasteiger partial charge on any atom is -0.369 e. The zero-order valence-electron chi connectivity index (χ0n) is 44.4. The average Bonchev–Trinajstić information content (AvgIpc) is 4.28. The van der Waals surface area contributed by atoms with Crippen LogP contribution in [0.2, 0.25) is 0 Å². The Balaban J connectivity index is 0.876. The van der Waals surface area contributed by atoms with Crippen molar-refractivity contribution in [3.05, 3.63) is 99.8 Å². The van der Waals surface area contributed by atoms with Crippen molar-refractivity contribution in [2.75, 3.05) is 59.0 Å². The van der Waals surface area contributed by atoms with Crippen molar-refractivity contribution in [1.82, 2.24) is 30.2 Å². The van der Waals surface area contributed by atoms with Gasteiger partial charge in [0.1, 0.15) is 21.1 Å². The smallest absolute Gasteiger partial charge is 0.250 e. The number of benzene rings is 2. The number of pyridine rings is 1. The maximum absolute atomic E-state index is 15.1. The Morgan fingerprint density at radius 2 is 1.16 bits per heavy atom. The highest BCUT2D eigenvalue weighted by atomic mass is 32.2. The Morgan fingerprint density at radius 3 is 1.73 bits per heavy atom. The van der Waals surface area contributed by atoms with E-state index in [-0.39, 0.29) is 64.1 Å². The summed E-state index contributed by atoms with van der Waals surface area (Å²) in [6, 6.07) is 24.3. The van der Waals surface area contributed by atoms with Gasteiger partial charge in [0.15, 0.2) is 19.7 Å². The molecule has 17 nitrogen and oxygen atoms in total. The van der Waals surface area contributed by atoms with Gasteiger partial charge in [-0.1, -0.05) is 43.5 Å². The fourth-order valence-electron chi connectivity index (χ4n) is 12.3. The number of nitrogens with one attached hydrogen (secondary N) is 2. The van der Waals surface area contributed by atoms with E-state index >= 15 is 4.79 Å². The Morgan fingerprint density at radius 1 is 0.650 bits per heavy atom. The number of hydrogen-bond acceptors (Lipinski definition) is 17. The van der Waals surface area contributed by atoms with E-state index in [1.807, 2.05) is 42.6 Å². The van der Waals surface area contributed by atoms with E-state index < -0.39 is 36.7 Å². The summed E-state index contributed by atoms with van der Waals surface area (Å²) in [6.07, 6.45) is 12.2. The van der Waals surface area contributed by atoms with Crippen molar-refractivity contribution >= 4 is 76.9 Å². The summed E-state index contributed by atoms with van der Waals surface area (Å²) in [5.41, 5.74) is 4.30. The molecule has 0 spiro atoms. The molecule has 2 saturated heterocycles. The predicted octanol–water partition coefficient (Wildman–Crippen LogP) is 8.25. The van der Waals surface area contributed by atoms with Gasteiger partial charge in [0.2, 0.25) is 17.4 Å². The number of rotatable bonds is 14. The van der Waals surface area contributed by atoms with Crippen molar-refractivity contribution in [2.24, 2.45) is 24.8 Å². The highest BCUT2D eigenvalue weighted by molar-refractivity contribution is 7.91. The molecule has 2 aromatic carbocycles. The van der Waals surface area contributed by atoms with Gasteiger partial charge in [-0.2, -0.15) is 10.5 Å². The average molecular weight is 1170 g/mol. The Labute approximate surface area is 478 Å². The second-order valence-electron chi connectivity index (χ2n) is 22.7. The largest absolute Gasteiger partial charge is 0.369 e. The first-order chi connectivity index (χ1) is 38.5. The van der Waals surface area contributed by atoms with Crippen molar-refractivity contribution in [2.45, 2.75) is 100.0 Å². The van der Waals surface area contributed by atoms with Crippen LogP contribution >= 0.6 is 34.0 Å². The zero-order valence-corrected chi connectivity index (χ0v) is 48.5. The summed E-state index contributed by atoms with van der Waals surface area (Å²) in [7, 11) is -4.41. The topological polar surface area (TPSA) is 241 Å². The third-order valence-corrected chi connectivity index (χ3v) is 24.0. The molecule has 6 aromatic rings. The number of aryl methyl sites for hydroxylation is 1. The van der Waals surface area contributed by atoms with Crippen LogP contribution in [0.4, 0.5) is 11.4 Å². The zero-order chi connectivity index (χ0) is 55.6. The van der Waals surface area contributed by atoms with Crippen LogP contribution in [0.5, 0.6) is 0 Å². The lowest BCUT2D eigenvalue weighted by molar-refractivity contribution is -0.129. The fraction of sp³-hybridized carbons (Fsp3) is 0.483. The molecule has 4 aromatic heterocycles. The molecule has 4 saturated carbocycles. The van der Waals surface area contributed by atoms with Gasteiger partial charge in [-0.3, -0.25) is 14.4 Å². The molecule has 22 heteroatoms. The molecule has 4 aliphatic carbocycles. The van der Waals surface area contributed by atoms with E-state index in [1.165, 1.54) is 22.0 Å². The molecule has 0 radical (unpaired) electrons. The van der Waals surface area contributed by atoms with E-state index in [1.54, 1.807) is 42.0 Å². The number of amides is 2. The fourth-order valence-corrected chi connectivity index (χ4v) is 18.0. The second-order valence-corrected chi connectivity index (χ2v) is 30.4. The van der Waals surface area contributed by atoms with E-state index in [2.05, 4.69) is 44.7 Å². The summed E-state index contributed by atoms with van der Waals surface area (Å²) in [5.74, 6) is -1.43. The molecule has 5 unspecified atom stereocenters. The van der Waals surface area contributed by atoms with Crippen LogP contribution in [-0.2, 0) is 42.7 Å². The van der Waals surface area contributed by atoms with E-state index in [4.69, 9.17) is 15.0 Å². The molecule has 0 bridgehead atoms. The van der Waals surface area contributed by atoms with Crippen LogP contribution in [0.1, 0.15) is 98.9 Å². The minimum absolute atomic E-state index is 0.101. The van der Waals surface area contributed by atoms with Gasteiger partial charge < -0.3 is 25.0 Å². The molecule has 12 rings (SSSR count). The van der Waals surface area contributed by atoms with Crippen LogP contribution < -0.4 is 26.0 Å². The number of anilines is 2. The highest BCUT2D eigenvalue weighted by Gasteiger charge is 2.50. The molecule has 2 N–H and O–H groups in total. The van der Waals surface area contributed by atoms with Gasteiger partial charge in [-0.15, -0.1) is 34.0 Å². The van der Waals surface area contributed by atoms with Crippen molar-refractivity contribution < 1.29 is 26.4 Å². The number of nitriles is 2. The number of hydrogen-bond donors (Lipinski definition) is 2. The van der Waals surface area contributed by atoms with Gasteiger partial charge in [-0.05, 0) is 98.7 Å². The van der Waals surface area contributed by atoms with E-state index in [0.717, 1.165) is 96.2 Å². The highest BCUT2D eigenvalue weighted by Crippen LogP contribution is 2.51. The minimum atomic E-state index is -3.07. The summed E-state index contributed by atoms with van der Waals surface area (Å²) < 4.78 is 50.6. The van der Waals surface area contributed by atoms with Crippen molar-refractivity contribution in [1.29, 1.82) is 10.5 Å². The van der Waals surface area contributed by atoms with Crippen LogP contribution in [0.15, 0.2) is 77.9 Å². The quantitative estimate of drug-likeness (QED) is 0.104. The standard InChI is InChI=1S/C58H62N10O7S5/c1-66-33-39(13-18-47(66)69)55-62-50(52(77-55)37-11-16-41(17-12-37)68-25-29-80(74,75)30-26-68)44-8-4-5-38(48(44)54(71)65-58(35-60)21-22-58)31-46-61-32-45(76-46)56-63-49(42-6-2-3-7-43(42)53(70)64-57(34-59)19-20-57)51(78-56)36-9-14-40(15-10-36)67-23-27-79(72,73)28-24-67/h9-18,32-33,38,42-44,48H,2-8,19-31H2,1H3,(H,64,70)(H,65,71). The first-order valence-electron chi connectivity index (χ1n) is 27.7. The molecule has 6 aliphatic rings. The number of thiazole rings is 3. The molecular formula is C58H62N10O7S5. The molecule has 6 heterocycles. The van der Waals surface area contributed by atoms with Crippen LogP contribution in [-0.4, -0.2) is 108 Å². The summed E-state index contributed by atoms with van der Waals surface area (Å²) in [6.45, 7) is 1.70. The number of nitrogens with zero attached hydrogens (tertiary/aromatic N) is 8. The Bertz CT molecular complexity index is 3730. The van der Waals surface area contributed by atoms with Crippen LogP contribution in [0, 0.1) is 40.4 Å². The van der Waals surface area contributed by atoms with Gasteiger partial charge in [-0.25, -0.2) is 31.8 Å².